The lowest BCUT2D eigenvalue weighted by Crippen LogP contribution is -2.41. The predicted molar refractivity (Wildman–Crippen MR) is 51.3 cm³/mol. The Balaban J connectivity index is 2.79. The number of nitrogens with one attached hydrogen (secondary N) is 1. The molecule has 0 bridgehead atoms. The van der Waals surface area contributed by atoms with Gasteiger partial charge >= 0.3 is 5.97 Å². The summed E-state index contributed by atoms with van der Waals surface area (Å²) in [6.07, 6.45) is 2.51. The van der Waals surface area contributed by atoms with Crippen LogP contribution in [0.3, 0.4) is 0 Å². The maximum atomic E-state index is 11.7. The molecule has 0 aliphatic rings. The highest BCUT2D eigenvalue weighted by molar-refractivity contribution is 5.96. The number of imidazole rings is 1. The SMILES string of the molecule is NC(=O)CN(CC(=O)O)C(=O)c1cnc[nH]1. The third-order valence-electron chi connectivity index (χ3n) is 1.69. The Labute approximate surface area is 90.1 Å². The lowest BCUT2D eigenvalue weighted by molar-refractivity contribution is -0.138. The van der Waals surface area contributed by atoms with Gasteiger partial charge in [-0.3, -0.25) is 14.4 Å². The predicted octanol–water partition coefficient (Wildman–Crippen LogP) is -1.58. The Morgan fingerprint density at radius 1 is 1.44 bits per heavy atom. The number of rotatable bonds is 5. The number of amides is 2. The lowest BCUT2D eigenvalue weighted by atomic mass is 10.3. The monoisotopic (exact) mass is 226 g/mol. The van der Waals surface area contributed by atoms with Gasteiger partial charge in [-0.25, -0.2) is 4.98 Å². The van der Waals surface area contributed by atoms with Crippen LogP contribution < -0.4 is 5.73 Å². The number of aromatic nitrogens is 2. The van der Waals surface area contributed by atoms with Crippen LogP contribution in [0.5, 0.6) is 0 Å². The fourth-order valence-electron chi connectivity index (χ4n) is 1.09. The summed E-state index contributed by atoms with van der Waals surface area (Å²) in [5.74, 6) is -2.65. The number of carboxylic acids is 1. The quantitative estimate of drug-likeness (QED) is 0.558. The molecule has 8 nitrogen and oxygen atoms in total. The van der Waals surface area contributed by atoms with E-state index in [0.29, 0.717) is 0 Å². The first kappa shape index (κ1) is 11.7. The van der Waals surface area contributed by atoms with E-state index in [1.807, 2.05) is 0 Å². The normalized spacial score (nSPS) is 9.75. The second-order valence-corrected chi connectivity index (χ2v) is 2.99. The minimum Gasteiger partial charge on any atom is -0.480 e. The summed E-state index contributed by atoms with van der Waals surface area (Å²) in [5, 5.41) is 8.57. The molecule has 0 saturated heterocycles. The van der Waals surface area contributed by atoms with Crippen molar-refractivity contribution in [2.45, 2.75) is 0 Å². The Hall–Kier alpha value is -2.38. The molecule has 16 heavy (non-hydrogen) atoms. The van der Waals surface area contributed by atoms with Crippen LogP contribution in [0.2, 0.25) is 0 Å². The Morgan fingerprint density at radius 2 is 2.12 bits per heavy atom. The van der Waals surface area contributed by atoms with Gasteiger partial charge in [0.05, 0.1) is 12.5 Å². The summed E-state index contributed by atoms with van der Waals surface area (Å²) >= 11 is 0. The molecule has 2 amide bonds. The van der Waals surface area contributed by atoms with Crippen molar-refractivity contribution in [1.82, 2.24) is 14.9 Å². The van der Waals surface area contributed by atoms with Crippen LogP contribution in [-0.2, 0) is 9.59 Å². The summed E-state index contributed by atoms with van der Waals surface area (Å²) in [6, 6.07) is 0. The van der Waals surface area contributed by atoms with Gasteiger partial charge in [-0.15, -0.1) is 0 Å². The van der Waals surface area contributed by atoms with E-state index in [4.69, 9.17) is 10.8 Å². The zero-order chi connectivity index (χ0) is 12.1. The van der Waals surface area contributed by atoms with Crippen LogP contribution >= 0.6 is 0 Å². The van der Waals surface area contributed by atoms with Crippen LogP contribution in [0.25, 0.3) is 0 Å². The number of hydrogen-bond donors (Lipinski definition) is 3. The van der Waals surface area contributed by atoms with E-state index in [1.165, 1.54) is 12.5 Å². The second-order valence-electron chi connectivity index (χ2n) is 2.99. The molecule has 0 atom stereocenters. The number of carboxylic acid groups (broad SMARTS) is 1. The van der Waals surface area contributed by atoms with Gasteiger partial charge in [0.25, 0.3) is 5.91 Å². The minimum atomic E-state index is -1.23. The number of carbonyl (C=O) groups is 3. The zero-order valence-corrected chi connectivity index (χ0v) is 8.21. The van der Waals surface area contributed by atoms with Crippen LogP contribution in [0.4, 0.5) is 0 Å². The maximum absolute atomic E-state index is 11.7. The minimum absolute atomic E-state index is 0.0995. The van der Waals surface area contributed by atoms with E-state index in [2.05, 4.69) is 9.97 Å². The van der Waals surface area contributed by atoms with Crippen molar-refractivity contribution in [3.63, 3.8) is 0 Å². The van der Waals surface area contributed by atoms with Gasteiger partial charge in [-0.05, 0) is 0 Å². The van der Waals surface area contributed by atoms with Crippen LogP contribution in [-0.4, -0.2) is 50.8 Å². The van der Waals surface area contributed by atoms with E-state index in [0.717, 1.165) is 4.90 Å². The second kappa shape index (κ2) is 4.91. The molecule has 1 rings (SSSR count). The smallest absolute Gasteiger partial charge is 0.323 e. The summed E-state index contributed by atoms with van der Waals surface area (Å²) in [7, 11) is 0. The number of aliphatic carboxylic acids is 1. The Morgan fingerprint density at radius 3 is 2.56 bits per heavy atom. The summed E-state index contributed by atoms with van der Waals surface area (Å²) in [6.45, 7) is -1.05. The molecule has 4 N–H and O–H groups in total. The van der Waals surface area contributed by atoms with Gasteiger partial charge in [-0.2, -0.15) is 0 Å². The fourth-order valence-corrected chi connectivity index (χ4v) is 1.09. The molecule has 1 aromatic rings. The van der Waals surface area contributed by atoms with E-state index < -0.39 is 30.9 Å². The molecule has 1 heterocycles. The third-order valence-corrected chi connectivity index (χ3v) is 1.69. The lowest BCUT2D eigenvalue weighted by Gasteiger charge is -2.17. The highest BCUT2D eigenvalue weighted by Crippen LogP contribution is 1.99. The molecule has 0 aromatic carbocycles. The first-order valence-corrected chi connectivity index (χ1v) is 4.28. The van der Waals surface area contributed by atoms with Crippen molar-refractivity contribution in [1.29, 1.82) is 0 Å². The number of primary amides is 1. The van der Waals surface area contributed by atoms with Crippen molar-refractivity contribution in [2.24, 2.45) is 5.73 Å². The van der Waals surface area contributed by atoms with E-state index >= 15 is 0 Å². The van der Waals surface area contributed by atoms with Crippen LogP contribution in [0.1, 0.15) is 10.5 Å². The van der Waals surface area contributed by atoms with Crippen LogP contribution in [0.15, 0.2) is 12.5 Å². The molecule has 0 fully saturated rings. The molecule has 8 heteroatoms. The summed E-state index contributed by atoms with van der Waals surface area (Å²) in [4.78, 5) is 39.8. The topological polar surface area (TPSA) is 129 Å². The Kier molecular flexibility index (Phi) is 3.59. The number of aromatic amines is 1. The van der Waals surface area contributed by atoms with Gasteiger partial charge in [0.15, 0.2) is 0 Å². The van der Waals surface area contributed by atoms with Crippen molar-refractivity contribution in [3.05, 3.63) is 18.2 Å². The van der Waals surface area contributed by atoms with Gasteiger partial charge in [0.2, 0.25) is 5.91 Å². The average Bonchev–Trinajstić information content (AvgIpc) is 2.66. The van der Waals surface area contributed by atoms with Crippen molar-refractivity contribution in [3.8, 4) is 0 Å². The average molecular weight is 226 g/mol. The molecule has 0 spiro atoms. The molecule has 0 radical (unpaired) electrons. The van der Waals surface area contributed by atoms with Gasteiger partial charge in [-0.1, -0.05) is 0 Å². The number of hydrogen-bond acceptors (Lipinski definition) is 4. The van der Waals surface area contributed by atoms with E-state index in [1.54, 1.807) is 0 Å². The van der Waals surface area contributed by atoms with Crippen molar-refractivity contribution in [2.75, 3.05) is 13.1 Å². The summed E-state index contributed by atoms with van der Waals surface area (Å²) in [5.41, 5.74) is 5.01. The Bertz CT molecular complexity index is 384. The molecule has 0 unspecified atom stereocenters. The first-order chi connectivity index (χ1) is 7.50. The third kappa shape index (κ3) is 3.08. The highest BCUT2D eigenvalue weighted by atomic mass is 16.4. The molecule has 0 saturated carbocycles. The summed E-state index contributed by atoms with van der Waals surface area (Å²) < 4.78 is 0. The molecule has 0 aliphatic heterocycles. The molecule has 0 aliphatic carbocycles. The molecule has 86 valence electrons. The molecular weight excluding hydrogens is 216 g/mol. The molecular formula is C8H10N4O4. The van der Waals surface area contributed by atoms with Crippen LogP contribution in [0, 0.1) is 0 Å². The van der Waals surface area contributed by atoms with E-state index in [-0.39, 0.29) is 5.69 Å². The first-order valence-electron chi connectivity index (χ1n) is 4.28. The number of H-pyrrole nitrogens is 1. The largest absolute Gasteiger partial charge is 0.480 e. The zero-order valence-electron chi connectivity index (χ0n) is 8.21. The van der Waals surface area contributed by atoms with Crippen molar-refractivity contribution < 1.29 is 19.5 Å². The van der Waals surface area contributed by atoms with Crippen molar-refractivity contribution >= 4 is 17.8 Å². The van der Waals surface area contributed by atoms with E-state index in [9.17, 15) is 14.4 Å². The number of carbonyl (C=O) groups excluding carboxylic acids is 2. The standard InChI is InChI=1S/C8H10N4O4/c9-6(13)2-12(3-7(14)15)8(16)5-1-10-4-11-5/h1,4H,2-3H2,(H2,9,13)(H,10,11)(H,14,15). The fraction of sp³-hybridized carbons (Fsp3) is 0.250. The van der Waals surface area contributed by atoms with Gasteiger partial charge in [0, 0.05) is 0 Å². The molecule has 1 aromatic heterocycles. The number of nitrogens with zero attached hydrogens (tertiary/aromatic N) is 2. The van der Waals surface area contributed by atoms with Gasteiger partial charge < -0.3 is 20.7 Å². The highest BCUT2D eigenvalue weighted by Gasteiger charge is 2.20. The number of nitrogens with two attached hydrogens (primary N) is 1. The maximum Gasteiger partial charge on any atom is 0.323 e. The van der Waals surface area contributed by atoms with Gasteiger partial charge in [0.1, 0.15) is 18.8 Å².